The third kappa shape index (κ3) is 7.06. The van der Waals surface area contributed by atoms with E-state index in [9.17, 15) is 0 Å². The molecule has 0 radical (unpaired) electrons. The summed E-state index contributed by atoms with van der Waals surface area (Å²) in [4.78, 5) is 18.2. The first-order chi connectivity index (χ1) is 16.9. The minimum Gasteiger partial charge on any atom is -0.493 e. The summed E-state index contributed by atoms with van der Waals surface area (Å²) in [7, 11) is 3.21. The van der Waals surface area contributed by atoms with E-state index in [2.05, 4.69) is 35.6 Å². The Hall–Kier alpha value is -3.86. The Labute approximate surface area is 201 Å². The number of rotatable bonds is 8. The molecule has 1 saturated heterocycles. The highest BCUT2D eigenvalue weighted by Gasteiger charge is 2.27. The number of benzene rings is 3. The number of para-hydroxylation sites is 1. The maximum Gasteiger partial charge on any atom is 0.414 e. The van der Waals surface area contributed by atoms with Crippen LogP contribution in [0.3, 0.4) is 0 Å². The van der Waals surface area contributed by atoms with Crippen molar-refractivity contribution < 1.29 is 43.5 Å². The lowest BCUT2D eigenvalue weighted by atomic mass is 10.1. The highest BCUT2D eigenvalue weighted by atomic mass is 16.7. The molecule has 0 bridgehead atoms. The lowest BCUT2D eigenvalue weighted by Crippen LogP contribution is -2.31. The summed E-state index contributed by atoms with van der Waals surface area (Å²) in [6.45, 7) is 1.45. The van der Waals surface area contributed by atoms with Crippen molar-refractivity contribution >= 4 is 22.7 Å². The number of aliphatic carboxylic acids is 2. The molecule has 0 aromatic heterocycles. The molecule has 3 aromatic carbocycles. The van der Waals surface area contributed by atoms with Gasteiger partial charge in [-0.2, -0.15) is 0 Å². The molecule has 1 aliphatic heterocycles. The van der Waals surface area contributed by atoms with Crippen molar-refractivity contribution in [3.8, 4) is 17.2 Å². The van der Waals surface area contributed by atoms with Crippen molar-refractivity contribution in [3.05, 3.63) is 66.2 Å². The van der Waals surface area contributed by atoms with E-state index < -0.39 is 11.9 Å². The van der Waals surface area contributed by atoms with Crippen LogP contribution in [0.15, 0.2) is 60.7 Å². The molecule has 1 heterocycles. The Balaban J connectivity index is 0.000000509. The Bertz CT molecular complexity index is 1120. The Morgan fingerprint density at radius 3 is 2.23 bits per heavy atom. The van der Waals surface area contributed by atoms with Crippen LogP contribution >= 0.6 is 0 Å². The smallest absolute Gasteiger partial charge is 0.414 e. The fraction of sp³-hybridized carbons (Fsp3) is 0.280. The summed E-state index contributed by atoms with van der Waals surface area (Å²) in [5, 5.41) is 20.4. The van der Waals surface area contributed by atoms with Crippen LogP contribution in [0.25, 0.3) is 10.8 Å². The standard InChI is InChI=1S/C23H25NO5.C2H2O4/c1-25-20-8-5-9-21(26-2)22(20)28-15-24-13-19-14-27-23(29-19)18-11-10-16-6-3-4-7-17(16)12-18;3-1(4)2(5)6/h3-12,19,23-24H,13-15H2,1-2H3;(H,3,4)(H,5,6)/t19?,23-;/m0./s1. The average molecular weight is 485 g/mol. The number of methoxy groups -OCH3 is 2. The number of carbonyl (C=O) groups is 2. The molecule has 3 N–H and O–H groups in total. The van der Waals surface area contributed by atoms with Crippen LogP contribution in [0.5, 0.6) is 17.2 Å². The minimum absolute atomic E-state index is 0.0466. The van der Waals surface area contributed by atoms with Gasteiger partial charge in [-0.1, -0.05) is 42.5 Å². The first-order valence-corrected chi connectivity index (χ1v) is 10.7. The second-order valence-corrected chi connectivity index (χ2v) is 7.37. The first-order valence-electron chi connectivity index (χ1n) is 10.7. The van der Waals surface area contributed by atoms with Gasteiger partial charge in [0.2, 0.25) is 5.75 Å². The second-order valence-electron chi connectivity index (χ2n) is 7.37. The van der Waals surface area contributed by atoms with Crippen molar-refractivity contribution in [1.82, 2.24) is 5.32 Å². The summed E-state index contributed by atoms with van der Waals surface area (Å²) < 4.78 is 28.4. The molecular weight excluding hydrogens is 458 g/mol. The molecule has 0 saturated carbocycles. The predicted octanol–water partition coefficient (Wildman–Crippen LogP) is 3.05. The maximum absolute atomic E-state index is 9.10. The van der Waals surface area contributed by atoms with Crippen molar-refractivity contribution in [1.29, 1.82) is 0 Å². The second kappa shape index (κ2) is 12.6. The van der Waals surface area contributed by atoms with Crippen LogP contribution in [0.2, 0.25) is 0 Å². The van der Waals surface area contributed by atoms with E-state index in [1.807, 2.05) is 30.3 Å². The number of fused-ring (bicyclic) bond motifs is 1. The molecule has 1 unspecified atom stereocenters. The van der Waals surface area contributed by atoms with Crippen LogP contribution in [0, 0.1) is 0 Å². The van der Waals surface area contributed by atoms with Crippen LogP contribution in [0.1, 0.15) is 11.9 Å². The van der Waals surface area contributed by atoms with Gasteiger partial charge in [-0.15, -0.1) is 0 Å². The van der Waals surface area contributed by atoms with Crippen LogP contribution in [-0.4, -0.2) is 62.4 Å². The van der Waals surface area contributed by atoms with Gasteiger partial charge in [-0.05, 0) is 29.0 Å². The Kier molecular flexibility index (Phi) is 9.24. The molecule has 10 nitrogen and oxygen atoms in total. The van der Waals surface area contributed by atoms with Gasteiger partial charge in [0.05, 0.1) is 26.9 Å². The molecular formula is C25H27NO9. The van der Waals surface area contributed by atoms with E-state index in [-0.39, 0.29) is 12.4 Å². The maximum atomic E-state index is 9.10. The molecule has 2 atom stereocenters. The van der Waals surface area contributed by atoms with Gasteiger partial charge in [0.1, 0.15) is 6.73 Å². The highest BCUT2D eigenvalue weighted by molar-refractivity contribution is 6.27. The van der Waals surface area contributed by atoms with E-state index in [4.69, 9.17) is 43.5 Å². The zero-order valence-electron chi connectivity index (χ0n) is 19.3. The van der Waals surface area contributed by atoms with E-state index in [0.717, 1.165) is 5.56 Å². The molecule has 4 rings (SSSR count). The minimum atomic E-state index is -1.82. The quantitative estimate of drug-likeness (QED) is 0.248. The van der Waals surface area contributed by atoms with Crippen LogP contribution in [-0.2, 0) is 19.1 Å². The fourth-order valence-electron chi connectivity index (χ4n) is 3.39. The largest absolute Gasteiger partial charge is 0.493 e. The monoisotopic (exact) mass is 485 g/mol. The average Bonchev–Trinajstić information content (AvgIpc) is 3.35. The lowest BCUT2D eigenvalue weighted by molar-refractivity contribution is -0.159. The number of carboxylic acids is 2. The predicted molar refractivity (Wildman–Crippen MR) is 126 cm³/mol. The molecule has 10 heteroatoms. The molecule has 3 aromatic rings. The Morgan fingerprint density at radius 2 is 1.60 bits per heavy atom. The SMILES string of the molecule is COc1cccc(OC)c1OCNCC1CO[C@H](c2ccc3ccccc3c2)O1.O=C(O)C(=O)O. The topological polar surface area (TPSA) is 133 Å². The molecule has 0 amide bonds. The third-order valence-corrected chi connectivity index (χ3v) is 5.05. The molecule has 1 fully saturated rings. The third-order valence-electron chi connectivity index (χ3n) is 5.05. The van der Waals surface area contributed by atoms with E-state index in [1.54, 1.807) is 14.2 Å². The highest BCUT2D eigenvalue weighted by Crippen LogP contribution is 2.36. The lowest BCUT2D eigenvalue weighted by Gasteiger charge is -2.16. The molecule has 0 spiro atoms. The van der Waals surface area contributed by atoms with Gasteiger partial charge in [0, 0.05) is 12.1 Å². The van der Waals surface area contributed by atoms with Crippen molar-refractivity contribution in [3.63, 3.8) is 0 Å². The van der Waals surface area contributed by atoms with Gasteiger partial charge < -0.3 is 33.9 Å². The van der Waals surface area contributed by atoms with Crippen LogP contribution < -0.4 is 19.5 Å². The van der Waals surface area contributed by atoms with E-state index in [1.165, 1.54) is 10.8 Å². The Morgan fingerprint density at radius 1 is 0.943 bits per heavy atom. The number of hydrogen-bond acceptors (Lipinski definition) is 8. The van der Waals surface area contributed by atoms with E-state index in [0.29, 0.717) is 37.1 Å². The van der Waals surface area contributed by atoms with Gasteiger partial charge in [-0.3, -0.25) is 5.32 Å². The van der Waals surface area contributed by atoms with Gasteiger partial charge in [0.15, 0.2) is 17.8 Å². The van der Waals surface area contributed by atoms with Gasteiger partial charge in [0.25, 0.3) is 0 Å². The number of ether oxygens (including phenoxy) is 5. The summed E-state index contributed by atoms with van der Waals surface area (Å²) in [6, 6.07) is 20.1. The molecule has 186 valence electrons. The zero-order valence-corrected chi connectivity index (χ0v) is 19.3. The first kappa shape index (κ1) is 25.8. The number of hydrogen-bond donors (Lipinski definition) is 3. The van der Waals surface area contributed by atoms with Gasteiger partial charge >= 0.3 is 11.9 Å². The van der Waals surface area contributed by atoms with Crippen LogP contribution in [0.4, 0.5) is 0 Å². The molecule has 1 aliphatic rings. The number of carboxylic acid groups (broad SMARTS) is 2. The summed E-state index contributed by atoms with van der Waals surface area (Å²) in [5.41, 5.74) is 1.03. The molecule has 0 aliphatic carbocycles. The summed E-state index contributed by atoms with van der Waals surface area (Å²) in [5.74, 6) is -1.82. The van der Waals surface area contributed by atoms with E-state index >= 15 is 0 Å². The number of nitrogens with one attached hydrogen (secondary N) is 1. The normalized spacial score (nSPS) is 16.7. The van der Waals surface area contributed by atoms with Crippen molar-refractivity contribution in [2.45, 2.75) is 12.4 Å². The summed E-state index contributed by atoms with van der Waals surface area (Å²) >= 11 is 0. The van der Waals surface area contributed by atoms with Crippen molar-refractivity contribution in [2.24, 2.45) is 0 Å². The fourth-order valence-corrected chi connectivity index (χ4v) is 3.39. The van der Waals surface area contributed by atoms with Crippen molar-refractivity contribution in [2.75, 3.05) is 34.1 Å². The zero-order chi connectivity index (χ0) is 25.2. The molecule has 35 heavy (non-hydrogen) atoms. The summed E-state index contributed by atoms with van der Waals surface area (Å²) in [6.07, 6.45) is -0.392. The van der Waals surface area contributed by atoms with Gasteiger partial charge in [-0.25, -0.2) is 9.59 Å².